The van der Waals surface area contributed by atoms with Gasteiger partial charge in [-0.3, -0.25) is 0 Å². The summed E-state index contributed by atoms with van der Waals surface area (Å²) in [5.41, 5.74) is 6.57. The fraction of sp³-hybridized carbons (Fsp3) is 0.257. The van der Waals surface area contributed by atoms with E-state index in [4.69, 9.17) is 0 Å². The van der Waals surface area contributed by atoms with Crippen LogP contribution in [0.25, 0.3) is 5.57 Å². The highest BCUT2D eigenvalue weighted by molar-refractivity contribution is 5.64. The summed E-state index contributed by atoms with van der Waals surface area (Å²) in [4.78, 5) is 0. The molecule has 178 valence electrons. The Morgan fingerprint density at radius 2 is 1.06 bits per heavy atom. The normalized spacial score (nSPS) is 15.5. The number of allylic oxidation sites excluding steroid dienone is 1. The maximum Gasteiger partial charge on any atom is -0.00266 e. The Kier molecular flexibility index (Phi) is 7.71. The molecule has 0 aliphatic heterocycles. The molecule has 35 heavy (non-hydrogen) atoms. The van der Waals surface area contributed by atoms with Gasteiger partial charge in [0.15, 0.2) is 0 Å². The van der Waals surface area contributed by atoms with Crippen molar-refractivity contribution < 1.29 is 0 Å². The van der Waals surface area contributed by atoms with Crippen LogP contribution in [0.4, 0.5) is 0 Å². The van der Waals surface area contributed by atoms with Crippen LogP contribution in [0.15, 0.2) is 128 Å². The van der Waals surface area contributed by atoms with E-state index in [2.05, 4.69) is 149 Å². The Labute approximate surface area is 212 Å². The average molecular weight is 459 g/mol. The molecule has 0 heteroatoms. The van der Waals surface area contributed by atoms with E-state index in [9.17, 15) is 0 Å². The zero-order valence-corrected chi connectivity index (χ0v) is 21.5. The molecule has 0 saturated carbocycles. The summed E-state index contributed by atoms with van der Waals surface area (Å²) in [7, 11) is 0. The molecule has 0 nitrogen and oxygen atoms in total. The van der Waals surface area contributed by atoms with E-state index in [0.29, 0.717) is 5.92 Å². The van der Waals surface area contributed by atoms with Crippen LogP contribution in [0.5, 0.6) is 0 Å². The third kappa shape index (κ3) is 6.01. The number of benzene rings is 4. The minimum absolute atomic E-state index is 0.00191. The van der Waals surface area contributed by atoms with Gasteiger partial charge < -0.3 is 0 Å². The minimum atomic E-state index is -0.0603. The van der Waals surface area contributed by atoms with Gasteiger partial charge in [0, 0.05) is 0 Å². The van der Waals surface area contributed by atoms with E-state index in [-0.39, 0.29) is 10.8 Å². The predicted octanol–water partition coefficient (Wildman–Crippen LogP) is 9.59. The summed E-state index contributed by atoms with van der Waals surface area (Å²) >= 11 is 0. The molecule has 0 saturated heterocycles. The van der Waals surface area contributed by atoms with Crippen molar-refractivity contribution in [3.05, 3.63) is 150 Å². The first-order chi connectivity index (χ1) is 16.9. The van der Waals surface area contributed by atoms with Gasteiger partial charge in [-0.15, -0.1) is 0 Å². The van der Waals surface area contributed by atoms with Crippen LogP contribution in [-0.4, -0.2) is 0 Å². The van der Waals surface area contributed by atoms with Gasteiger partial charge in [-0.05, 0) is 63.8 Å². The minimum Gasteiger partial charge on any atom is -0.0952 e. The Bertz CT molecular complexity index is 1190. The predicted molar refractivity (Wildman–Crippen MR) is 152 cm³/mol. The molecule has 0 radical (unpaired) electrons. The Morgan fingerprint density at radius 3 is 1.57 bits per heavy atom. The average Bonchev–Trinajstić information content (AvgIpc) is 2.90. The van der Waals surface area contributed by atoms with Gasteiger partial charge in [0.25, 0.3) is 0 Å². The number of hydrogen-bond acceptors (Lipinski definition) is 0. The van der Waals surface area contributed by atoms with Crippen LogP contribution < -0.4 is 0 Å². The van der Waals surface area contributed by atoms with Gasteiger partial charge in [-0.1, -0.05) is 149 Å². The molecule has 0 aliphatic carbocycles. The van der Waals surface area contributed by atoms with Crippen molar-refractivity contribution >= 4 is 5.57 Å². The summed E-state index contributed by atoms with van der Waals surface area (Å²) in [5.74, 6) is 0.457. The molecule has 0 amide bonds. The first kappa shape index (κ1) is 24.7. The molecule has 0 fully saturated rings. The quantitative estimate of drug-likeness (QED) is 0.222. The largest absolute Gasteiger partial charge is 0.0952 e. The molecule has 0 spiro atoms. The summed E-state index contributed by atoms with van der Waals surface area (Å²) < 4.78 is 0. The lowest BCUT2D eigenvalue weighted by atomic mass is 9.61. The van der Waals surface area contributed by atoms with E-state index in [1.165, 1.54) is 27.8 Å². The zero-order chi connectivity index (χ0) is 24.7. The lowest BCUT2D eigenvalue weighted by Gasteiger charge is -2.42. The van der Waals surface area contributed by atoms with Crippen molar-refractivity contribution in [1.82, 2.24) is 0 Å². The van der Waals surface area contributed by atoms with Crippen molar-refractivity contribution in [1.29, 1.82) is 0 Å². The lowest BCUT2D eigenvalue weighted by molar-refractivity contribution is 0.281. The number of rotatable bonds is 10. The van der Waals surface area contributed by atoms with Gasteiger partial charge in [0.2, 0.25) is 0 Å². The highest BCUT2D eigenvalue weighted by Crippen LogP contribution is 2.47. The second kappa shape index (κ2) is 10.9. The van der Waals surface area contributed by atoms with Gasteiger partial charge >= 0.3 is 0 Å². The molecule has 0 aliphatic rings. The van der Waals surface area contributed by atoms with E-state index < -0.39 is 0 Å². The van der Waals surface area contributed by atoms with Crippen LogP contribution in [0.3, 0.4) is 0 Å². The van der Waals surface area contributed by atoms with E-state index in [0.717, 1.165) is 19.3 Å². The summed E-state index contributed by atoms with van der Waals surface area (Å²) in [6.45, 7) is 11.8. The van der Waals surface area contributed by atoms with E-state index in [1.54, 1.807) is 0 Å². The molecule has 0 bridgehead atoms. The van der Waals surface area contributed by atoms with Crippen molar-refractivity contribution in [2.45, 2.75) is 56.8 Å². The van der Waals surface area contributed by atoms with E-state index >= 15 is 0 Å². The monoisotopic (exact) mass is 458 g/mol. The zero-order valence-electron chi connectivity index (χ0n) is 21.5. The molecular weight excluding hydrogens is 420 g/mol. The molecule has 3 atom stereocenters. The number of hydrogen-bond donors (Lipinski definition) is 0. The highest BCUT2D eigenvalue weighted by Gasteiger charge is 2.39. The fourth-order valence-electron chi connectivity index (χ4n) is 5.92. The van der Waals surface area contributed by atoms with Crippen LogP contribution in [-0.2, 0) is 10.8 Å². The van der Waals surface area contributed by atoms with Crippen LogP contribution in [0, 0.1) is 0 Å². The van der Waals surface area contributed by atoms with Crippen LogP contribution >= 0.6 is 0 Å². The van der Waals surface area contributed by atoms with Gasteiger partial charge in [0.1, 0.15) is 0 Å². The van der Waals surface area contributed by atoms with Crippen molar-refractivity contribution in [3.63, 3.8) is 0 Å². The van der Waals surface area contributed by atoms with Gasteiger partial charge in [-0.25, -0.2) is 0 Å². The van der Waals surface area contributed by atoms with E-state index in [1.807, 2.05) is 0 Å². The topological polar surface area (TPSA) is 0 Å². The van der Waals surface area contributed by atoms with Crippen molar-refractivity contribution in [2.24, 2.45) is 0 Å². The lowest BCUT2D eigenvalue weighted by Crippen LogP contribution is -2.35. The Hall–Kier alpha value is -3.38. The third-order valence-electron chi connectivity index (χ3n) is 7.63. The molecule has 4 aromatic rings. The molecule has 0 N–H and O–H groups in total. The maximum atomic E-state index is 4.55. The second-order valence-electron chi connectivity index (χ2n) is 10.7. The summed E-state index contributed by atoms with van der Waals surface area (Å²) in [6.07, 6.45) is 3.04. The third-order valence-corrected chi connectivity index (χ3v) is 7.63. The fourth-order valence-corrected chi connectivity index (χ4v) is 5.92. The summed E-state index contributed by atoms with van der Waals surface area (Å²) in [6, 6.07) is 43.8. The molecule has 3 unspecified atom stereocenters. The van der Waals surface area contributed by atoms with Crippen molar-refractivity contribution in [2.75, 3.05) is 0 Å². The molecule has 0 aromatic heterocycles. The van der Waals surface area contributed by atoms with Gasteiger partial charge in [0.05, 0.1) is 0 Å². The molecule has 4 rings (SSSR count). The molecule has 4 aromatic carbocycles. The Morgan fingerprint density at radius 1 is 0.629 bits per heavy atom. The maximum absolute atomic E-state index is 4.55. The smallest absolute Gasteiger partial charge is 0.00266 e. The summed E-state index contributed by atoms with van der Waals surface area (Å²) in [5, 5.41) is 0. The second-order valence-corrected chi connectivity index (χ2v) is 10.7. The standard InChI is InChI=1S/C35H38/c1-28(30-17-9-5-10-18-30)25-34(3,32-21-13-7-14-22-32)27-35(4,33-23-15-8-16-24-33)26-29(2)31-19-11-6-12-20-31/h5-24,29H,1,25-27H2,2-4H3. The first-order valence-electron chi connectivity index (χ1n) is 12.8. The molecule has 0 heterocycles. The highest BCUT2D eigenvalue weighted by atomic mass is 14.4. The SMILES string of the molecule is C=C(CC(C)(CC(C)(CC(C)c1ccccc1)c1ccccc1)c1ccccc1)c1ccccc1. The van der Waals surface area contributed by atoms with Crippen LogP contribution in [0.1, 0.15) is 68.2 Å². The van der Waals surface area contributed by atoms with Crippen LogP contribution in [0.2, 0.25) is 0 Å². The van der Waals surface area contributed by atoms with Crippen molar-refractivity contribution in [3.8, 4) is 0 Å². The Balaban J connectivity index is 1.73. The first-order valence-corrected chi connectivity index (χ1v) is 12.8. The van der Waals surface area contributed by atoms with Gasteiger partial charge in [-0.2, -0.15) is 0 Å². The molecular formula is C35H38.